The van der Waals surface area contributed by atoms with E-state index in [-0.39, 0.29) is 30.0 Å². The zero-order valence-electron chi connectivity index (χ0n) is 20.0. The quantitative estimate of drug-likeness (QED) is 0.511. The molecule has 34 heavy (non-hydrogen) atoms. The maximum absolute atomic E-state index is 12.6. The van der Waals surface area contributed by atoms with Crippen LogP contribution in [0.25, 0.3) is 0 Å². The normalized spacial score (nSPS) is 32.1. The first-order chi connectivity index (χ1) is 16.1. The second-order valence-electron chi connectivity index (χ2n) is 10.2. The van der Waals surface area contributed by atoms with E-state index >= 15 is 0 Å². The second kappa shape index (κ2) is 9.62. The molecule has 3 heterocycles. The molecule has 2 bridgehead atoms. The first-order valence-electron chi connectivity index (χ1n) is 11.9. The highest BCUT2D eigenvalue weighted by molar-refractivity contribution is 5.93. The summed E-state index contributed by atoms with van der Waals surface area (Å²) in [5.74, 6) is -0.287. The lowest BCUT2D eigenvalue weighted by Crippen LogP contribution is -2.61. The average Bonchev–Trinajstić information content (AvgIpc) is 2.90. The first-order valence-corrected chi connectivity index (χ1v) is 11.9. The number of hydrogen-bond donors (Lipinski definition) is 4. The molecule has 6 atom stereocenters. The van der Waals surface area contributed by atoms with Crippen molar-refractivity contribution in [2.45, 2.75) is 68.0 Å². The minimum absolute atomic E-state index is 0.00171. The van der Waals surface area contributed by atoms with Gasteiger partial charge >= 0.3 is 0 Å². The Balaban J connectivity index is 1.61. The molecule has 1 aromatic heterocycles. The maximum atomic E-state index is 12.6. The SMILES string of the molecule is CN(C)[C@@H]1CC[C@@]2([C@H](O)CNC(=O)c3ccc(=O)[nH]c3)C[C@H](c3ccccc3)C[C@](C)(O2)[C@H]1O. The third-order valence-corrected chi connectivity index (χ3v) is 7.58. The summed E-state index contributed by atoms with van der Waals surface area (Å²) in [6.07, 6.45) is 2.11. The number of rotatable bonds is 6. The molecular formula is C26H35N3O5. The molecule has 0 saturated carbocycles. The number of aromatic nitrogens is 1. The molecule has 1 aromatic carbocycles. The molecule has 0 aliphatic carbocycles. The van der Waals surface area contributed by atoms with Gasteiger partial charge in [-0.3, -0.25) is 9.59 Å². The molecule has 2 aliphatic rings. The predicted octanol–water partition coefficient (Wildman–Crippen LogP) is 1.64. The molecular weight excluding hydrogens is 434 g/mol. The van der Waals surface area contributed by atoms with Crippen LogP contribution in [0.3, 0.4) is 0 Å². The molecule has 0 spiro atoms. The number of aromatic amines is 1. The Labute approximate surface area is 200 Å². The van der Waals surface area contributed by atoms with Gasteiger partial charge in [-0.1, -0.05) is 30.3 Å². The standard InChI is InChI=1S/C26H35N3O5/c1-25-13-19(17-7-5-4-6-8-17)14-26(34-25,12-11-20(23(25)32)29(2)3)21(30)16-28-24(33)18-9-10-22(31)27-15-18/h4-10,15,19-21,23,30,32H,11-14,16H2,1-3H3,(H,27,31)(H,28,33)/t19-,20-,21-,23+,25+,26+/m1/s1. The summed E-state index contributed by atoms with van der Waals surface area (Å²) in [5.41, 5.74) is -0.595. The fourth-order valence-corrected chi connectivity index (χ4v) is 5.72. The molecule has 0 unspecified atom stereocenters. The molecule has 1 amide bonds. The summed E-state index contributed by atoms with van der Waals surface area (Å²) in [5, 5.41) is 25.6. The molecule has 4 N–H and O–H groups in total. The maximum Gasteiger partial charge on any atom is 0.252 e. The number of nitrogens with zero attached hydrogens (tertiary/aromatic N) is 1. The Bertz CT molecular complexity index is 1040. The van der Waals surface area contributed by atoms with E-state index in [0.717, 1.165) is 5.56 Å². The van der Waals surface area contributed by atoms with E-state index in [4.69, 9.17) is 4.74 Å². The number of likely N-dealkylation sites (N-methyl/N-ethyl adjacent to an activating group) is 1. The number of pyridine rings is 1. The fraction of sp³-hybridized carbons (Fsp3) is 0.538. The molecule has 2 aromatic rings. The summed E-state index contributed by atoms with van der Waals surface area (Å²) in [6, 6.07) is 12.8. The van der Waals surface area contributed by atoms with Gasteiger partial charge in [0.2, 0.25) is 5.56 Å². The van der Waals surface area contributed by atoms with Crippen molar-refractivity contribution in [1.29, 1.82) is 0 Å². The second-order valence-corrected chi connectivity index (χ2v) is 10.2. The highest BCUT2D eigenvalue weighted by Gasteiger charge is 2.57. The summed E-state index contributed by atoms with van der Waals surface area (Å²) >= 11 is 0. The van der Waals surface area contributed by atoms with E-state index in [2.05, 4.69) is 22.4 Å². The summed E-state index contributed by atoms with van der Waals surface area (Å²) in [7, 11) is 3.91. The minimum atomic E-state index is -0.974. The Kier molecular flexibility index (Phi) is 6.96. The molecule has 0 radical (unpaired) electrons. The Morgan fingerprint density at radius 2 is 1.97 bits per heavy atom. The lowest BCUT2D eigenvalue weighted by atomic mass is 9.72. The summed E-state index contributed by atoms with van der Waals surface area (Å²) in [4.78, 5) is 28.4. The van der Waals surface area contributed by atoms with Crippen LogP contribution in [0.1, 0.15) is 54.4 Å². The number of carbonyl (C=O) groups excluding carboxylic acids is 1. The number of nitrogens with one attached hydrogen (secondary N) is 2. The van der Waals surface area contributed by atoms with Crippen molar-refractivity contribution < 1.29 is 19.7 Å². The number of aliphatic hydroxyl groups excluding tert-OH is 2. The number of benzene rings is 1. The van der Waals surface area contributed by atoms with E-state index < -0.39 is 23.4 Å². The number of H-pyrrole nitrogens is 1. The van der Waals surface area contributed by atoms with Gasteiger partial charge in [0.15, 0.2) is 0 Å². The molecule has 4 rings (SSSR count). The fourth-order valence-electron chi connectivity index (χ4n) is 5.72. The van der Waals surface area contributed by atoms with Gasteiger partial charge in [-0.25, -0.2) is 0 Å². The van der Waals surface area contributed by atoms with Crippen LogP contribution < -0.4 is 10.9 Å². The number of carbonyl (C=O) groups is 1. The van der Waals surface area contributed by atoms with Gasteiger partial charge in [-0.05, 0) is 64.3 Å². The number of amides is 1. The van der Waals surface area contributed by atoms with Crippen LogP contribution in [0, 0.1) is 0 Å². The van der Waals surface area contributed by atoms with E-state index in [9.17, 15) is 19.8 Å². The monoisotopic (exact) mass is 469 g/mol. The Morgan fingerprint density at radius 3 is 2.62 bits per heavy atom. The highest BCUT2D eigenvalue weighted by atomic mass is 16.6. The topological polar surface area (TPSA) is 115 Å². The minimum Gasteiger partial charge on any atom is -0.388 e. The summed E-state index contributed by atoms with van der Waals surface area (Å²) in [6.45, 7) is 1.94. The van der Waals surface area contributed by atoms with Crippen molar-refractivity contribution in [1.82, 2.24) is 15.2 Å². The van der Waals surface area contributed by atoms with Gasteiger partial charge in [0.1, 0.15) is 6.10 Å². The van der Waals surface area contributed by atoms with Crippen LogP contribution in [0.5, 0.6) is 0 Å². The third-order valence-electron chi connectivity index (χ3n) is 7.58. The van der Waals surface area contributed by atoms with Gasteiger partial charge in [-0.15, -0.1) is 0 Å². The first kappa shape index (κ1) is 24.6. The van der Waals surface area contributed by atoms with E-state index in [1.54, 1.807) is 0 Å². The zero-order chi connectivity index (χ0) is 24.5. The van der Waals surface area contributed by atoms with Gasteiger partial charge < -0.3 is 30.2 Å². The molecule has 2 saturated heterocycles. The van der Waals surface area contributed by atoms with Crippen LogP contribution >= 0.6 is 0 Å². The number of aliphatic hydroxyl groups is 2. The number of fused-ring (bicyclic) bond motifs is 2. The van der Waals surface area contributed by atoms with Crippen LogP contribution in [0.15, 0.2) is 53.5 Å². The lowest BCUT2D eigenvalue weighted by Gasteiger charge is -2.52. The van der Waals surface area contributed by atoms with E-state index in [0.29, 0.717) is 31.2 Å². The molecule has 8 nitrogen and oxygen atoms in total. The zero-order valence-corrected chi connectivity index (χ0v) is 20.0. The van der Waals surface area contributed by atoms with Crippen molar-refractivity contribution in [2.75, 3.05) is 20.6 Å². The van der Waals surface area contributed by atoms with Crippen LogP contribution in [0.2, 0.25) is 0 Å². The van der Waals surface area contributed by atoms with Crippen molar-refractivity contribution >= 4 is 5.91 Å². The van der Waals surface area contributed by atoms with E-state index in [1.807, 2.05) is 44.1 Å². The Hall–Kier alpha value is -2.52. The van der Waals surface area contributed by atoms with Crippen LogP contribution in [-0.2, 0) is 4.74 Å². The van der Waals surface area contributed by atoms with Crippen molar-refractivity contribution in [3.8, 4) is 0 Å². The highest BCUT2D eigenvalue weighted by Crippen LogP contribution is 2.51. The van der Waals surface area contributed by atoms with Gasteiger partial charge in [0.25, 0.3) is 5.91 Å². The van der Waals surface area contributed by atoms with Crippen molar-refractivity contribution in [3.05, 3.63) is 70.1 Å². The largest absolute Gasteiger partial charge is 0.388 e. The lowest BCUT2D eigenvalue weighted by molar-refractivity contribution is -0.250. The molecule has 2 aliphatic heterocycles. The summed E-state index contributed by atoms with van der Waals surface area (Å²) < 4.78 is 6.66. The van der Waals surface area contributed by atoms with Crippen molar-refractivity contribution in [2.24, 2.45) is 0 Å². The number of ether oxygens (including phenoxy) is 1. The smallest absolute Gasteiger partial charge is 0.252 e. The average molecular weight is 470 g/mol. The third kappa shape index (κ3) is 4.81. The van der Waals surface area contributed by atoms with Gasteiger partial charge in [0.05, 0.1) is 22.9 Å². The molecule has 2 fully saturated rings. The van der Waals surface area contributed by atoms with Gasteiger partial charge in [-0.2, -0.15) is 0 Å². The van der Waals surface area contributed by atoms with E-state index in [1.165, 1.54) is 18.3 Å². The predicted molar refractivity (Wildman–Crippen MR) is 129 cm³/mol. The van der Waals surface area contributed by atoms with Crippen LogP contribution in [0.4, 0.5) is 0 Å². The molecule has 184 valence electrons. The van der Waals surface area contributed by atoms with Crippen molar-refractivity contribution in [3.63, 3.8) is 0 Å². The Morgan fingerprint density at radius 1 is 1.24 bits per heavy atom. The number of hydrogen-bond acceptors (Lipinski definition) is 6. The van der Waals surface area contributed by atoms with Crippen LogP contribution in [-0.4, -0.2) is 76.1 Å². The van der Waals surface area contributed by atoms with Gasteiger partial charge in [0, 0.05) is 24.8 Å². The molecule has 8 heteroatoms.